The van der Waals surface area contributed by atoms with Gasteiger partial charge in [0.25, 0.3) is 5.91 Å². The Hall–Kier alpha value is -3.21. The fraction of sp³-hybridized carbons (Fsp3) is 0.261. The standard InChI is InChI=1S/C23H22N2O3/c1-14-10-12-16(13-11-14)24-22(26)15(2)28-23(27)21-17-6-3-4-8-19(17)25-20-9-5-7-18(20)21/h3-4,6,8,10-13,15H,5,7,9H2,1-2H3,(H,24,26)/t15-/m1/s1. The number of esters is 1. The molecular weight excluding hydrogens is 352 g/mol. The van der Waals surface area contributed by atoms with Crippen LogP contribution < -0.4 is 5.32 Å². The Morgan fingerprint density at radius 2 is 1.82 bits per heavy atom. The first-order chi connectivity index (χ1) is 13.5. The molecule has 4 rings (SSSR count). The maximum absolute atomic E-state index is 13.0. The molecule has 0 saturated carbocycles. The van der Waals surface area contributed by atoms with Gasteiger partial charge >= 0.3 is 5.97 Å². The molecule has 1 amide bonds. The molecule has 5 nitrogen and oxygen atoms in total. The van der Waals surface area contributed by atoms with Crippen molar-refractivity contribution in [2.24, 2.45) is 0 Å². The minimum absolute atomic E-state index is 0.354. The van der Waals surface area contributed by atoms with Crippen LogP contribution in [0.15, 0.2) is 48.5 Å². The Kier molecular flexibility index (Phi) is 4.82. The Morgan fingerprint density at radius 1 is 1.07 bits per heavy atom. The first-order valence-electron chi connectivity index (χ1n) is 9.52. The summed E-state index contributed by atoms with van der Waals surface area (Å²) in [6.45, 7) is 3.57. The summed E-state index contributed by atoms with van der Waals surface area (Å²) in [6, 6.07) is 15.1. The highest BCUT2D eigenvalue weighted by Gasteiger charge is 2.27. The third kappa shape index (κ3) is 3.48. The Labute approximate surface area is 163 Å². The van der Waals surface area contributed by atoms with Crippen LogP contribution in [0.4, 0.5) is 5.69 Å². The molecule has 0 radical (unpaired) electrons. The normalized spacial score (nSPS) is 13.8. The van der Waals surface area contributed by atoms with Gasteiger partial charge in [0.15, 0.2) is 6.10 Å². The van der Waals surface area contributed by atoms with Crippen LogP contribution >= 0.6 is 0 Å². The van der Waals surface area contributed by atoms with Crippen molar-refractivity contribution >= 4 is 28.5 Å². The van der Waals surface area contributed by atoms with E-state index in [4.69, 9.17) is 4.74 Å². The zero-order valence-electron chi connectivity index (χ0n) is 16.0. The number of anilines is 1. The molecule has 0 bridgehead atoms. The molecule has 28 heavy (non-hydrogen) atoms. The number of aromatic nitrogens is 1. The molecule has 3 aromatic rings. The van der Waals surface area contributed by atoms with Gasteiger partial charge in [-0.05, 0) is 56.9 Å². The van der Waals surface area contributed by atoms with Crippen molar-refractivity contribution in [3.8, 4) is 0 Å². The highest BCUT2D eigenvalue weighted by molar-refractivity contribution is 6.06. The number of fused-ring (bicyclic) bond motifs is 2. The lowest BCUT2D eigenvalue weighted by Crippen LogP contribution is -2.30. The monoisotopic (exact) mass is 374 g/mol. The second-order valence-corrected chi connectivity index (χ2v) is 7.19. The maximum Gasteiger partial charge on any atom is 0.339 e. The van der Waals surface area contributed by atoms with Crippen LogP contribution in [-0.2, 0) is 22.4 Å². The molecule has 0 unspecified atom stereocenters. The lowest BCUT2D eigenvalue weighted by Gasteiger charge is -2.16. The number of hydrogen-bond donors (Lipinski definition) is 1. The van der Waals surface area contributed by atoms with Gasteiger partial charge in [-0.15, -0.1) is 0 Å². The van der Waals surface area contributed by atoms with Gasteiger partial charge in [-0.1, -0.05) is 35.9 Å². The number of ether oxygens (including phenoxy) is 1. The third-order valence-electron chi connectivity index (χ3n) is 5.10. The van der Waals surface area contributed by atoms with E-state index in [-0.39, 0.29) is 5.91 Å². The van der Waals surface area contributed by atoms with Gasteiger partial charge in [0.2, 0.25) is 0 Å². The highest BCUT2D eigenvalue weighted by atomic mass is 16.5. The number of pyridine rings is 1. The first-order valence-corrected chi connectivity index (χ1v) is 9.52. The van der Waals surface area contributed by atoms with E-state index in [0.29, 0.717) is 11.3 Å². The van der Waals surface area contributed by atoms with Crippen molar-refractivity contribution in [1.29, 1.82) is 0 Å². The van der Waals surface area contributed by atoms with E-state index < -0.39 is 12.1 Å². The zero-order valence-corrected chi connectivity index (χ0v) is 16.0. The SMILES string of the molecule is Cc1ccc(NC(=O)[C@@H](C)OC(=O)c2c3c(nc4ccccc24)CCC3)cc1. The quantitative estimate of drug-likeness (QED) is 0.695. The summed E-state index contributed by atoms with van der Waals surface area (Å²) in [5, 5.41) is 3.56. The van der Waals surface area contributed by atoms with Crippen LogP contribution in [0.5, 0.6) is 0 Å². The lowest BCUT2D eigenvalue weighted by atomic mass is 10.0. The Balaban J connectivity index is 1.57. The summed E-state index contributed by atoms with van der Waals surface area (Å²) in [4.78, 5) is 30.2. The van der Waals surface area contributed by atoms with Crippen LogP contribution in [-0.4, -0.2) is 23.0 Å². The second-order valence-electron chi connectivity index (χ2n) is 7.19. The summed E-state index contributed by atoms with van der Waals surface area (Å²) >= 11 is 0. The molecule has 1 N–H and O–H groups in total. The highest BCUT2D eigenvalue weighted by Crippen LogP contribution is 2.30. The molecule has 1 aliphatic rings. The van der Waals surface area contributed by atoms with Gasteiger partial charge in [-0.3, -0.25) is 9.78 Å². The minimum atomic E-state index is -0.905. The summed E-state index contributed by atoms with van der Waals surface area (Å²) in [7, 11) is 0. The van der Waals surface area contributed by atoms with Crippen molar-refractivity contribution in [1.82, 2.24) is 4.98 Å². The molecule has 0 saturated heterocycles. The molecule has 1 atom stereocenters. The molecule has 0 spiro atoms. The number of aryl methyl sites for hydroxylation is 2. The van der Waals surface area contributed by atoms with Crippen molar-refractivity contribution < 1.29 is 14.3 Å². The maximum atomic E-state index is 13.0. The summed E-state index contributed by atoms with van der Waals surface area (Å²) < 4.78 is 5.55. The van der Waals surface area contributed by atoms with Gasteiger partial charge in [0, 0.05) is 16.8 Å². The number of para-hydroxylation sites is 1. The molecule has 142 valence electrons. The molecule has 1 aromatic heterocycles. The van der Waals surface area contributed by atoms with E-state index in [1.165, 1.54) is 0 Å². The molecule has 2 aromatic carbocycles. The number of hydrogen-bond acceptors (Lipinski definition) is 4. The van der Waals surface area contributed by atoms with E-state index >= 15 is 0 Å². The first kappa shape index (κ1) is 18.2. The number of benzene rings is 2. The van der Waals surface area contributed by atoms with E-state index in [2.05, 4.69) is 10.3 Å². The van der Waals surface area contributed by atoms with Crippen molar-refractivity contribution in [3.05, 3.63) is 70.9 Å². The predicted octanol–water partition coefficient (Wildman–Crippen LogP) is 4.22. The van der Waals surface area contributed by atoms with Gasteiger partial charge in [-0.2, -0.15) is 0 Å². The molecule has 1 heterocycles. The van der Waals surface area contributed by atoms with Crippen LogP contribution in [0, 0.1) is 6.92 Å². The number of nitrogens with one attached hydrogen (secondary N) is 1. The summed E-state index contributed by atoms with van der Waals surface area (Å²) in [5.41, 5.74) is 5.03. The van der Waals surface area contributed by atoms with Gasteiger partial charge in [-0.25, -0.2) is 4.79 Å². The van der Waals surface area contributed by atoms with E-state index in [1.54, 1.807) is 6.92 Å². The number of amides is 1. The van der Waals surface area contributed by atoms with Crippen LogP contribution in [0.3, 0.4) is 0 Å². The Bertz CT molecular complexity index is 1060. The van der Waals surface area contributed by atoms with Gasteiger partial charge < -0.3 is 10.1 Å². The average Bonchev–Trinajstić information content (AvgIpc) is 3.15. The lowest BCUT2D eigenvalue weighted by molar-refractivity contribution is -0.123. The average molecular weight is 374 g/mol. The summed E-state index contributed by atoms with van der Waals surface area (Å²) in [5.74, 6) is -0.824. The van der Waals surface area contributed by atoms with E-state index in [1.807, 2.05) is 55.5 Å². The molecule has 0 fully saturated rings. The molecule has 0 aliphatic heterocycles. The molecule has 5 heteroatoms. The second kappa shape index (κ2) is 7.43. The summed E-state index contributed by atoms with van der Waals surface area (Å²) in [6.07, 6.45) is 1.74. The van der Waals surface area contributed by atoms with Crippen molar-refractivity contribution in [2.75, 3.05) is 5.32 Å². The fourth-order valence-electron chi connectivity index (χ4n) is 3.60. The largest absolute Gasteiger partial charge is 0.449 e. The van der Waals surface area contributed by atoms with Gasteiger partial charge in [0.05, 0.1) is 11.1 Å². The van der Waals surface area contributed by atoms with Crippen LogP contribution in [0.25, 0.3) is 10.9 Å². The zero-order chi connectivity index (χ0) is 19.7. The van der Waals surface area contributed by atoms with E-state index in [0.717, 1.165) is 47.0 Å². The predicted molar refractivity (Wildman–Crippen MR) is 108 cm³/mol. The Morgan fingerprint density at radius 3 is 2.61 bits per heavy atom. The third-order valence-corrected chi connectivity index (χ3v) is 5.10. The number of rotatable bonds is 4. The van der Waals surface area contributed by atoms with Crippen molar-refractivity contribution in [3.63, 3.8) is 0 Å². The molecule has 1 aliphatic carbocycles. The topological polar surface area (TPSA) is 68.3 Å². The fourth-order valence-corrected chi connectivity index (χ4v) is 3.60. The number of nitrogens with zero attached hydrogens (tertiary/aromatic N) is 1. The number of carbonyl (C=O) groups excluding carboxylic acids is 2. The minimum Gasteiger partial charge on any atom is -0.449 e. The number of carbonyl (C=O) groups is 2. The van der Waals surface area contributed by atoms with E-state index in [9.17, 15) is 9.59 Å². The smallest absolute Gasteiger partial charge is 0.339 e. The van der Waals surface area contributed by atoms with Gasteiger partial charge in [0.1, 0.15) is 0 Å². The molecular formula is C23H22N2O3. The van der Waals surface area contributed by atoms with Crippen LogP contribution in [0.2, 0.25) is 0 Å². The van der Waals surface area contributed by atoms with Crippen molar-refractivity contribution in [2.45, 2.75) is 39.2 Å². The van der Waals surface area contributed by atoms with Crippen LogP contribution in [0.1, 0.15) is 40.5 Å².